The summed E-state index contributed by atoms with van der Waals surface area (Å²) in [5, 5.41) is 0. The number of ketones is 1. The number of hydrogen-bond donors (Lipinski definition) is 0. The fraction of sp³-hybridized carbons (Fsp3) is 0.700. The second-order valence-corrected chi connectivity index (χ2v) is 3.15. The van der Waals surface area contributed by atoms with E-state index in [1.54, 1.807) is 0 Å². The molecule has 0 unspecified atom stereocenters. The Balaban J connectivity index is 2.47. The number of carbonyl (C=O) groups is 1. The van der Waals surface area contributed by atoms with Crippen LogP contribution in [0.1, 0.15) is 45.4 Å². The van der Waals surface area contributed by atoms with Gasteiger partial charge >= 0.3 is 0 Å². The maximum absolute atomic E-state index is 11.2. The summed E-state index contributed by atoms with van der Waals surface area (Å²) < 4.78 is 0. The summed E-state index contributed by atoms with van der Waals surface area (Å²) in [6.45, 7) is 2.14. The van der Waals surface area contributed by atoms with E-state index in [-0.39, 0.29) is 0 Å². The van der Waals surface area contributed by atoms with Gasteiger partial charge in [0.05, 0.1) is 0 Å². The molecule has 62 valence electrons. The first-order valence-electron chi connectivity index (χ1n) is 4.57. The Bertz CT molecular complexity index is 168. The number of Topliss-reactive ketones (excluding diaryl/α,β-unsaturated/α-hetero) is 1. The summed E-state index contributed by atoms with van der Waals surface area (Å²) >= 11 is 0. The molecule has 1 fully saturated rings. The highest BCUT2D eigenvalue weighted by Crippen LogP contribution is 2.20. The van der Waals surface area contributed by atoms with Crippen LogP contribution in [0.25, 0.3) is 0 Å². The number of hydrogen-bond acceptors (Lipinski definition) is 1. The van der Waals surface area contributed by atoms with Crippen molar-refractivity contribution in [1.82, 2.24) is 0 Å². The SMILES string of the molecule is CCC/C=C1\CCCCC1=O. The molecule has 0 bridgehead atoms. The van der Waals surface area contributed by atoms with Crippen LogP contribution < -0.4 is 0 Å². The van der Waals surface area contributed by atoms with E-state index in [1.165, 1.54) is 6.42 Å². The molecular weight excluding hydrogens is 136 g/mol. The first kappa shape index (κ1) is 8.51. The van der Waals surface area contributed by atoms with Crippen LogP contribution in [0.5, 0.6) is 0 Å². The van der Waals surface area contributed by atoms with E-state index in [0.29, 0.717) is 5.78 Å². The minimum atomic E-state index is 0.393. The van der Waals surface area contributed by atoms with E-state index in [0.717, 1.165) is 37.7 Å². The van der Waals surface area contributed by atoms with Crippen molar-refractivity contribution in [2.24, 2.45) is 0 Å². The Hall–Kier alpha value is -0.590. The van der Waals surface area contributed by atoms with Gasteiger partial charge in [-0.1, -0.05) is 19.4 Å². The van der Waals surface area contributed by atoms with Crippen molar-refractivity contribution in [3.05, 3.63) is 11.6 Å². The molecule has 0 atom stereocenters. The van der Waals surface area contributed by atoms with Gasteiger partial charge < -0.3 is 0 Å². The highest BCUT2D eigenvalue weighted by atomic mass is 16.1. The van der Waals surface area contributed by atoms with Crippen molar-refractivity contribution in [3.8, 4) is 0 Å². The van der Waals surface area contributed by atoms with Crippen LogP contribution in [0.3, 0.4) is 0 Å². The van der Waals surface area contributed by atoms with E-state index >= 15 is 0 Å². The number of unbranched alkanes of at least 4 members (excludes halogenated alkanes) is 1. The van der Waals surface area contributed by atoms with Gasteiger partial charge in [-0.25, -0.2) is 0 Å². The maximum Gasteiger partial charge on any atom is 0.158 e. The van der Waals surface area contributed by atoms with Gasteiger partial charge in [0.2, 0.25) is 0 Å². The molecule has 0 spiro atoms. The standard InChI is InChI=1S/C10H16O/c1-2-3-6-9-7-4-5-8-10(9)11/h6H,2-5,7-8H2,1H3/b9-6+. The normalized spacial score (nSPS) is 22.6. The largest absolute Gasteiger partial charge is 0.295 e. The van der Waals surface area contributed by atoms with Gasteiger partial charge in [0.25, 0.3) is 0 Å². The van der Waals surface area contributed by atoms with Crippen LogP contribution >= 0.6 is 0 Å². The molecule has 1 heteroatoms. The molecule has 0 aromatic carbocycles. The molecule has 0 saturated heterocycles. The van der Waals surface area contributed by atoms with Crippen molar-refractivity contribution >= 4 is 5.78 Å². The summed E-state index contributed by atoms with van der Waals surface area (Å²) in [6.07, 6.45) is 8.47. The first-order chi connectivity index (χ1) is 5.34. The zero-order chi connectivity index (χ0) is 8.10. The van der Waals surface area contributed by atoms with E-state index in [2.05, 4.69) is 13.0 Å². The van der Waals surface area contributed by atoms with Gasteiger partial charge in [-0.05, 0) is 31.3 Å². The molecular formula is C10H16O. The van der Waals surface area contributed by atoms with Gasteiger partial charge in [0.1, 0.15) is 0 Å². The van der Waals surface area contributed by atoms with Crippen LogP contribution in [0.2, 0.25) is 0 Å². The molecule has 0 aromatic heterocycles. The fourth-order valence-electron chi connectivity index (χ4n) is 1.44. The Labute approximate surface area is 68.5 Å². The topological polar surface area (TPSA) is 17.1 Å². The Morgan fingerprint density at radius 1 is 1.36 bits per heavy atom. The summed E-state index contributed by atoms with van der Waals surface area (Å²) in [4.78, 5) is 11.2. The summed E-state index contributed by atoms with van der Waals surface area (Å²) in [7, 11) is 0. The average molecular weight is 152 g/mol. The second kappa shape index (κ2) is 4.32. The summed E-state index contributed by atoms with van der Waals surface area (Å²) in [6, 6.07) is 0. The molecule has 11 heavy (non-hydrogen) atoms. The third-order valence-electron chi connectivity index (χ3n) is 2.14. The number of allylic oxidation sites excluding steroid dienone is 2. The third-order valence-corrected chi connectivity index (χ3v) is 2.14. The molecule has 0 amide bonds. The zero-order valence-corrected chi connectivity index (χ0v) is 7.23. The van der Waals surface area contributed by atoms with E-state index in [9.17, 15) is 4.79 Å². The van der Waals surface area contributed by atoms with E-state index in [4.69, 9.17) is 0 Å². The van der Waals surface area contributed by atoms with Gasteiger partial charge in [0.15, 0.2) is 5.78 Å². The summed E-state index contributed by atoms with van der Waals surface area (Å²) in [5.41, 5.74) is 1.10. The lowest BCUT2D eigenvalue weighted by Gasteiger charge is -2.11. The minimum Gasteiger partial charge on any atom is -0.295 e. The van der Waals surface area contributed by atoms with E-state index < -0.39 is 0 Å². The number of carbonyl (C=O) groups excluding carboxylic acids is 1. The second-order valence-electron chi connectivity index (χ2n) is 3.15. The lowest BCUT2D eigenvalue weighted by molar-refractivity contribution is -0.116. The predicted octanol–water partition coefficient (Wildman–Crippen LogP) is 2.86. The van der Waals surface area contributed by atoms with Crippen molar-refractivity contribution in [1.29, 1.82) is 0 Å². The summed E-state index contributed by atoms with van der Waals surface area (Å²) in [5.74, 6) is 0.393. The van der Waals surface area contributed by atoms with Crippen molar-refractivity contribution in [2.45, 2.75) is 45.4 Å². The minimum absolute atomic E-state index is 0.393. The van der Waals surface area contributed by atoms with Crippen LogP contribution in [0, 0.1) is 0 Å². The highest BCUT2D eigenvalue weighted by molar-refractivity contribution is 5.95. The molecule has 1 nitrogen and oxygen atoms in total. The quantitative estimate of drug-likeness (QED) is 0.556. The van der Waals surface area contributed by atoms with Gasteiger partial charge in [-0.2, -0.15) is 0 Å². The van der Waals surface area contributed by atoms with Gasteiger partial charge in [0, 0.05) is 6.42 Å². The van der Waals surface area contributed by atoms with Crippen LogP contribution in [0.4, 0.5) is 0 Å². The monoisotopic (exact) mass is 152 g/mol. The van der Waals surface area contributed by atoms with Crippen molar-refractivity contribution < 1.29 is 4.79 Å². The lowest BCUT2D eigenvalue weighted by atomic mass is 9.93. The molecule has 0 N–H and O–H groups in total. The van der Waals surface area contributed by atoms with Crippen LogP contribution in [-0.4, -0.2) is 5.78 Å². The molecule has 0 aliphatic heterocycles. The molecule has 1 aliphatic rings. The Kier molecular flexibility index (Phi) is 3.34. The fourth-order valence-corrected chi connectivity index (χ4v) is 1.44. The van der Waals surface area contributed by atoms with Crippen molar-refractivity contribution in [3.63, 3.8) is 0 Å². The van der Waals surface area contributed by atoms with Gasteiger partial charge in [-0.3, -0.25) is 4.79 Å². The van der Waals surface area contributed by atoms with Crippen molar-refractivity contribution in [2.75, 3.05) is 0 Å². The van der Waals surface area contributed by atoms with Crippen LogP contribution in [-0.2, 0) is 4.79 Å². The smallest absolute Gasteiger partial charge is 0.158 e. The maximum atomic E-state index is 11.2. The highest BCUT2D eigenvalue weighted by Gasteiger charge is 2.13. The molecule has 1 aliphatic carbocycles. The molecule has 0 radical (unpaired) electrons. The molecule has 0 heterocycles. The molecule has 0 aromatic rings. The zero-order valence-electron chi connectivity index (χ0n) is 7.23. The van der Waals surface area contributed by atoms with Crippen LogP contribution in [0.15, 0.2) is 11.6 Å². The average Bonchev–Trinajstić information content (AvgIpc) is 2.03. The predicted molar refractivity (Wildman–Crippen MR) is 46.5 cm³/mol. The first-order valence-corrected chi connectivity index (χ1v) is 4.57. The van der Waals surface area contributed by atoms with E-state index in [1.807, 2.05) is 0 Å². The number of rotatable bonds is 2. The third kappa shape index (κ3) is 2.49. The Morgan fingerprint density at radius 2 is 2.09 bits per heavy atom. The molecule has 1 rings (SSSR count). The Morgan fingerprint density at radius 3 is 2.73 bits per heavy atom. The van der Waals surface area contributed by atoms with Gasteiger partial charge in [-0.15, -0.1) is 0 Å². The lowest BCUT2D eigenvalue weighted by Crippen LogP contribution is -2.07. The molecule has 1 saturated carbocycles.